The lowest BCUT2D eigenvalue weighted by Gasteiger charge is -2.25. The molecule has 0 saturated heterocycles. The number of carbonyl (C=O) groups excluding carboxylic acids is 1. The van der Waals surface area contributed by atoms with Crippen molar-refractivity contribution in [1.82, 2.24) is 5.32 Å². The molecule has 1 aliphatic rings. The van der Waals surface area contributed by atoms with Crippen molar-refractivity contribution in [2.75, 3.05) is 13.7 Å². The molecule has 0 aliphatic heterocycles. The summed E-state index contributed by atoms with van der Waals surface area (Å²) in [7, 11) is 1.54. The Morgan fingerprint density at radius 2 is 1.96 bits per heavy atom. The Hall–Kier alpha value is -1.76. The van der Waals surface area contributed by atoms with Crippen LogP contribution in [-0.2, 0) is 9.53 Å². The van der Waals surface area contributed by atoms with Crippen LogP contribution in [0, 0.1) is 5.92 Å². The Kier molecular flexibility index (Phi) is 4.89. The minimum atomic E-state index is -4.75. The zero-order valence-electron chi connectivity index (χ0n) is 13.2. The van der Waals surface area contributed by atoms with Crippen molar-refractivity contribution < 1.29 is 27.4 Å². The van der Waals surface area contributed by atoms with Gasteiger partial charge in [0.05, 0.1) is 12.1 Å². The van der Waals surface area contributed by atoms with Crippen LogP contribution in [0.15, 0.2) is 24.3 Å². The first-order valence-corrected chi connectivity index (χ1v) is 7.28. The molecule has 1 aliphatic carbocycles. The lowest BCUT2D eigenvalue weighted by Crippen LogP contribution is -2.47. The third-order valence-electron chi connectivity index (χ3n) is 3.64. The molecular weight excluding hydrogens is 311 g/mol. The molecule has 0 spiro atoms. The number of alkyl halides is 3. The summed E-state index contributed by atoms with van der Waals surface area (Å²) in [5.74, 6) is -1.02. The van der Waals surface area contributed by atoms with Crippen LogP contribution in [0.3, 0.4) is 0 Å². The van der Waals surface area contributed by atoms with Gasteiger partial charge in [-0.05, 0) is 37.8 Å². The van der Waals surface area contributed by atoms with Crippen molar-refractivity contribution >= 4 is 5.91 Å². The monoisotopic (exact) mass is 331 g/mol. The molecule has 0 heterocycles. The van der Waals surface area contributed by atoms with E-state index >= 15 is 0 Å². The summed E-state index contributed by atoms with van der Waals surface area (Å²) in [6, 6.07) is 5.95. The number of rotatable bonds is 6. The SMILES string of the molecule is COCC(C)(C)NC(=O)[C@H]1C[C@@H]1c1ccccc1OC(F)(F)F. The molecule has 1 amide bonds. The normalized spacial score (nSPS) is 21.0. The van der Waals surface area contributed by atoms with Gasteiger partial charge in [0.1, 0.15) is 5.75 Å². The maximum absolute atomic E-state index is 12.5. The molecule has 0 bridgehead atoms. The van der Waals surface area contributed by atoms with Crippen molar-refractivity contribution in [1.29, 1.82) is 0 Å². The number of amides is 1. The molecule has 1 aromatic carbocycles. The van der Waals surface area contributed by atoms with E-state index in [1.165, 1.54) is 12.1 Å². The minimum Gasteiger partial charge on any atom is -0.405 e. The van der Waals surface area contributed by atoms with Crippen LogP contribution < -0.4 is 10.1 Å². The van der Waals surface area contributed by atoms with Crippen LogP contribution in [-0.4, -0.2) is 31.5 Å². The number of benzene rings is 1. The number of carbonyl (C=O) groups is 1. The fourth-order valence-corrected chi connectivity index (χ4v) is 2.66. The molecule has 1 fully saturated rings. The summed E-state index contributed by atoms with van der Waals surface area (Å²) in [5, 5.41) is 2.86. The summed E-state index contributed by atoms with van der Waals surface area (Å²) in [5.41, 5.74) is -0.115. The molecular formula is C16H20F3NO3. The number of methoxy groups -OCH3 is 1. The van der Waals surface area contributed by atoms with E-state index in [0.29, 0.717) is 18.6 Å². The second-order valence-corrected chi connectivity index (χ2v) is 6.34. The Balaban J connectivity index is 2.05. The van der Waals surface area contributed by atoms with Gasteiger partial charge in [-0.3, -0.25) is 4.79 Å². The van der Waals surface area contributed by atoms with Gasteiger partial charge in [0.15, 0.2) is 0 Å². The highest BCUT2D eigenvalue weighted by Gasteiger charge is 2.47. The second-order valence-electron chi connectivity index (χ2n) is 6.34. The van der Waals surface area contributed by atoms with Gasteiger partial charge >= 0.3 is 6.36 Å². The number of hydrogen-bond acceptors (Lipinski definition) is 3. The first-order valence-electron chi connectivity index (χ1n) is 7.28. The average Bonchev–Trinajstić information content (AvgIpc) is 3.17. The van der Waals surface area contributed by atoms with Crippen molar-refractivity contribution in [3.8, 4) is 5.75 Å². The highest BCUT2D eigenvalue weighted by molar-refractivity contribution is 5.83. The van der Waals surface area contributed by atoms with Crippen LogP contribution >= 0.6 is 0 Å². The second kappa shape index (κ2) is 6.39. The summed E-state index contributed by atoms with van der Waals surface area (Å²) < 4.78 is 46.4. The predicted octanol–water partition coefficient (Wildman–Crippen LogP) is 3.23. The van der Waals surface area contributed by atoms with E-state index < -0.39 is 11.9 Å². The van der Waals surface area contributed by atoms with Gasteiger partial charge in [-0.2, -0.15) is 0 Å². The minimum absolute atomic E-state index is 0.182. The quantitative estimate of drug-likeness (QED) is 0.871. The summed E-state index contributed by atoms with van der Waals surface area (Å²) in [6.07, 6.45) is -4.24. The van der Waals surface area contributed by atoms with Crippen LogP contribution in [0.1, 0.15) is 31.7 Å². The van der Waals surface area contributed by atoms with E-state index in [-0.39, 0.29) is 23.5 Å². The van der Waals surface area contributed by atoms with E-state index in [9.17, 15) is 18.0 Å². The molecule has 128 valence electrons. The van der Waals surface area contributed by atoms with Gasteiger partial charge in [-0.1, -0.05) is 18.2 Å². The Bertz CT molecular complexity index is 572. The van der Waals surface area contributed by atoms with E-state index in [1.54, 1.807) is 19.2 Å². The first-order chi connectivity index (χ1) is 10.6. The number of ether oxygens (including phenoxy) is 2. The van der Waals surface area contributed by atoms with Crippen molar-refractivity contribution in [3.63, 3.8) is 0 Å². The Morgan fingerprint density at radius 3 is 2.57 bits per heavy atom. The molecule has 2 atom stereocenters. The molecule has 0 unspecified atom stereocenters. The van der Waals surface area contributed by atoms with E-state index in [1.807, 2.05) is 13.8 Å². The van der Waals surface area contributed by atoms with Gasteiger partial charge in [-0.15, -0.1) is 13.2 Å². The summed E-state index contributed by atoms with van der Waals surface area (Å²) in [4.78, 5) is 12.2. The molecule has 7 heteroatoms. The lowest BCUT2D eigenvalue weighted by atomic mass is 10.0. The fourth-order valence-electron chi connectivity index (χ4n) is 2.66. The molecule has 0 radical (unpaired) electrons. The van der Waals surface area contributed by atoms with Crippen molar-refractivity contribution in [3.05, 3.63) is 29.8 Å². The van der Waals surface area contributed by atoms with Gasteiger partial charge < -0.3 is 14.8 Å². The topological polar surface area (TPSA) is 47.6 Å². The van der Waals surface area contributed by atoms with E-state index in [4.69, 9.17) is 4.74 Å². The van der Waals surface area contributed by atoms with Crippen LogP contribution in [0.4, 0.5) is 13.2 Å². The van der Waals surface area contributed by atoms with E-state index in [2.05, 4.69) is 10.1 Å². The van der Waals surface area contributed by atoms with Crippen LogP contribution in [0.5, 0.6) is 5.75 Å². The maximum atomic E-state index is 12.5. The fraction of sp³-hybridized carbons (Fsp3) is 0.562. The molecule has 1 saturated carbocycles. The number of hydrogen-bond donors (Lipinski definition) is 1. The third-order valence-corrected chi connectivity index (χ3v) is 3.64. The smallest absolute Gasteiger partial charge is 0.405 e. The Labute approximate surface area is 133 Å². The number of halogens is 3. The van der Waals surface area contributed by atoms with Crippen LogP contribution in [0.25, 0.3) is 0 Å². The Morgan fingerprint density at radius 1 is 1.30 bits per heavy atom. The zero-order chi connectivity index (χ0) is 17.3. The standard InChI is InChI=1S/C16H20F3NO3/c1-15(2,9-22-3)20-14(21)12-8-11(12)10-6-4-5-7-13(10)23-16(17,18)19/h4-7,11-12H,8-9H2,1-3H3,(H,20,21)/t11-,12+/m1/s1. The largest absolute Gasteiger partial charge is 0.573 e. The zero-order valence-corrected chi connectivity index (χ0v) is 13.2. The van der Waals surface area contributed by atoms with Gasteiger partial charge in [0, 0.05) is 13.0 Å². The predicted molar refractivity (Wildman–Crippen MR) is 78.1 cm³/mol. The number of para-hydroxylation sites is 1. The maximum Gasteiger partial charge on any atom is 0.573 e. The van der Waals surface area contributed by atoms with E-state index in [0.717, 1.165) is 0 Å². The average molecular weight is 331 g/mol. The summed E-state index contributed by atoms with van der Waals surface area (Å²) >= 11 is 0. The van der Waals surface area contributed by atoms with Crippen molar-refractivity contribution in [2.45, 2.75) is 38.1 Å². The molecule has 23 heavy (non-hydrogen) atoms. The third kappa shape index (κ3) is 4.86. The number of nitrogens with one attached hydrogen (secondary N) is 1. The van der Waals surface area contributed by atoms with Gasteiger partial charge in [0.2, 0.25) is 5.91 Å². The molecule has 1 N–H and O–H groups in total. The van der Waals surface area contributed by atoms with Gasteiger partial charge in [0.25, 0.3) is 0 Å². The van der Waals surface area contributed by atoms with Crippen LogP contribution in [0.2, 0.25) is 0 Å². The highest BCUT2D eigenvalue weighted by Crippen LogP contribution is 2.51. The lowest BCUT2D eigenvalue weighted by molar-refractivity contribution is -0.274. The summed E-state index contributed by atoms with van der Waals surface area (Å²) in [6.45, 7) is 4.00. The van der Waals surface area contributed by atoms with Gasteiger partial charge in [-0.25, -0.2) is 0 Å². The highest BCUT2D eigenvalue weighted by atomic mass is 19.4. The first kappa shape index (κ1) is 17.6. The molecule has 0 aromatic heterocycles. The molecule has 4 nitrogen and oxygen atoms in total. The van der Waals surface area contributed by atoms with Crippen molar-refractivity contribution in [2.24, 2.45) is 5.92 Å². The molecule has 1 aromatic rings. The molecule has 2 rings (SSSR count).